The summed E-state index contributed by atoms with van der Waals surface area (Å²) < 4.78 is 43.0. The van der Waals surface area contributed by atoms with Crippen molar-refractivity contribution in [3.63, 3.8) is 0 Å². The Balaban J connectivity index is 1.72. The maximum absolute atomic E-state index is 13.5. The Kier molecular flexibility index (Phi) is 6.07. The van der Waals surface area contributed by atoms with E-state index < -0.39 is 69.0 Å². The Morgan fingerprint density at radius 1 is 1.11 bits per heavy atom. The molecule has 8 nitrogen and oxygen atoms in total. The largest absolute Gasteiger partial charge is 0.573 e. The molecule has 2 aliphatic heterocycles. The molecule has 2 heterocycles. The number of nitrogens with zero attached hydrogens (tertiary/aromatic N) is 2. The first-order valence-electron chi connectivity index (χ1n) is 12.0. The van der Waals surface area contributed by atoms with Crippen LogP contribution in [0.5, 0.6) is 11.5 Å². The van der Waals surface area contributed by atoms with Gasteiger partial charge in [0, 0.05) is 25.1 Å². The van der Waals surface area contributed by atoms with Gasteiger partial charge in [-0.05, 0) is 43.4 Å². The quantitative estimate of drug-likeness (QED) is 0.334. The summed E-state index contributed by atoms with van der Waals surface area (Å²) in [6.07, 6.45) is -3.03. The monoisotopic (exact) mass is 574 g/mol. The zero-order chi connectivity index (χ0) is 27.9. The number of halogens is 5. The van der Waals surface area contributed by atoms with Gasteiger partial charge in [-0.25, -0.2) is 0 Å². The van der Waals surface area contributed by atoms with Crippen LogP contribution in [0, 0.1) is 17.8 Å². The number of amides is 4. The van der Waals surface area contributed by atoms with Crippen LogP contribution in [0.25, 0.3) is 0 Å². The van der Waals surface area contributed by atoms with Crippen LogP contribution in [0.4, 0.5) is 13.2 Å². The number of phenolic OH excluding ortho intramolecular Hbond substituents is 1. The van der Waals surface area contributed by atoms with E-state index in [1.807, 2.05) is 6.92 Å². The highest BCUT2D eigenvalue weighted by Gasteiger charge is 2.76. The van der Waals surface area contributed by atoms with E-state index >= 15 is 0 Å². The number of alkyl halides is 5. The molecule has 1 aromatic rings. The molecule has 1 aromatic carbocycles. The molecule has 0 bridgehead atoms. The van der Waals surface area contributed by atoms with Crippen LogP contribution in [0.3, 0.4) is 0 Å². The van der Waals surface area contributed by atoms with Crippen LogP contribution in [-0.4, -0.2) is 68.2 Å². The van der Waals surface area contributed by atoms with Gasteiger partial charge in [0.1, 0.15) is 11.5 Å². The van der Waals surface area contributed by atoms with Crippen molar-refractivity contribution < 1.29 is 42.2 Å². The topological polar surface area (TPSA) is 104 Å². The van der Waals surface area contributed by atoms with Crippen molar-refractivity contribution >= 4 is 46.8 Å². The van der Waals surface area contributed by atoms with Gasteiger partial charge in [-0.2, -0.15) is 0 Å². The lowest BCUT2D eigenvalue weighted by atomic mass is 9.56. The van der Waals surface area contributed by atoms with E-state index in [1.165, 1.54) is 11.9 Å². The smallest absolute Gasteiger partial charge is 0.508 e. The first-order valence-corrected chi connectivity index (χ1v) is 12.8. The van der Waals surface area contributed by atoms with Crippen LogP contribution < -0.4 is 4.74 Å². The van der Waals surface area contributed by atoms with E-state index in [0.717, 1.165) is 23.1 Å². The molecule has 4 amide bonds. The van der Waals surface area contributed by atoms with Crippen molar-refractivity contribution in [3.8, 4) is 11.5 Å². The number of hydrogen-bond acceptors (Lipinski definition) is 6. The van der Waals surface area contributed by atoms with Gasteiger partial charge < -0.3 is 9.84 Å². The first-order chi connectivity index (χ1) is 17.7. The normalized spacial score (nSPS) is 34.8. The summed E-state index contributed by atoms with van der Waals surface area (Å²) in [7, 11) is 1.19. The molecule has 13 heteroatoms. The Morgan fingerprint density at radius 2 is 1.79 bits per heavy atom. The van der Waals surface area contributed by atoms with Gasteiger partial charge >= 0.3 is 6.36 Å². The molecule has 0 unspecified atom stereocenters. The molecular weight excluding hydrogens is 552 g/mol. The highest BCUT2D eigenvalue weighted by molar-refractivity contribution is 6.53. The summed E-state index contributed by atoms with van der Waals surface area (Å²) in [5.74, 6) is -7.58. The molecule has 3 fully saturated rings. The Labute approximate surface area is 225 Å². The molecule has 1 N–H and O–H groups in total. The number of ether oxygens (including phenoxy) is 1. The highest BCUT2D eigenvalue weighted by atomic mass is 35.5. The lowest BCUT2D eigenvalue weighted by Crippen LogP contribution is -2.60. The lowest BCUT2D eigenvalue weighted by molar-refractivity contribution is -0.274. The standard InChI is InChI=1S/C25H23Cl2F3N2O6/c1-3-8-32-19(34)13-6-5-12-15(17(13)20(32)35)10-23(26)21(36)31(2)22(37)24(23,27)18(12)14-9-11(4-7-16(14)33)38-25(28,29)30/h4-5,7,9,13,15,17-18,33H,3,6,8,10H2,1-2H3/t13-,15+,17-,18+,23+,24-/m0/s1. The van der Waals surface area contributed by atoms with Crippen molar-refractivity contribution in [2.24, 2.45) is 17.8 Å². The van der Waals surface area contributed by atoms with E-state index in [-0.39, 0.29) is 30.9 Å². The molecule has 6 atom stereocenters. The number of rotatable bonds is 4. The Bertz CT molecular complexity index is 1300. The van der Waals surface area contributed by atoms with Gasteiger partial charge in [0.15, 0.2) is 9.75 Å². The lowest BCUT2D eigenvalue weighted by Gasteiger charge is -2.50. The van der Waals surface area contributed by atoms with Crippen LogP contribution in [0.2, 0.25) is 0 Å². The second kappa shape index (κ2) is 8.61. The van der Waals surface area contributed by atoms with Crippen LogP contribution in [0.15, 0.2) is 29.8 Å². The van der Waals surface area contributed by atoms with Crippen molar-refractivity contribution in [1.29, 1.82) is 0 Å². The highest BCUT2D eigenvalue weighted by Crippen LogP contribution is 2.66. The van der Waals surface area contributed by atoms with Gasteiger partial charge in [-0.1, -0.05) is 18.6 Å². The van der Waals surface area contributed by atoms with Gasteiger partial charge in [0.25, 0.3) is 11.8 Å². The average Bonchev–Trinajstić information content (AvgIpc) is 3.15. The van der Waals surface area contributed by atoms with Crippen LogP contribution in [0.1, 0.15) is 37.7 Å². The summed E-state index contributed by atoms with van der Waals surface area (Å²) in [6, 6.07) is 2.74. The summed E-state index contributed by atoms with van der Waals surface area (Å²) in [4.78, 5) is 50.9. The van der Waals surface area contributed by atoms with Crippen LogP contribution >= 0.6 is 23.2 Å². The van der Waals surface area contributed by atoms with Gasteiger partial charge in [-0.3, -0.25) is 29.0 Å². The molecule has 5 rings (SSSR count). The zero-order valence-corrected chi connectivity index (χ0v) is 21.7. The minimum absolute atomic E-state index is 0.109. The van der Waals surface area contributed by atoms with Crippen molar-refractivity contribution in [3.05, 3.63) is 35.4 Å². The average molecular weight is 575 g/mol. The van der Waals surface area contributed by atoms with Crippen molar-refractivity contribution in [2.75, 3.05) is 13.6 Å². The van der Waals surface area contributed by atoms with E-state index in [0.29, 0.717) is 12.0 Å². The molecule has 204 valence electrons. The number of carbonyl (C=O) groups is 4. The minimum Gasteiger partial charge on any atom is -0.508 e. The number of benzene rings is 1. The van der Waals surface area contributed by atoms with Gasteiger partial charge in [0.05, 0.1) is 11.8 Å². The second-order valence-electron chi connectivity index (χ2n) is 10.1. The summed E-state index contributed by atoms with van der Waals surface area (Å²) in [6.45, 7) is 2.02. The van der Waals surface area contributed by atoms with Crippen molar-refractivity contribution in [2.45, 2.75) is 48.2 Å². The summed E-state index contributed by atoms with van der Waals surface area (Å²) >= 11 is 13.9. The molecule has 0 spiro atoms. The predicted molar refractivity (Wildman–Crippen MR) is 127 cm³/mol. The third-order valence-electron chi connectivity index (χ3n) is 8.10. The van der Waals surface area contributed by atoms with Gasteiger partial charge in [0.2, 0.25) is 11.8 Å². The maximum atomic E-state index is 13.5. The minimum atomic E-state index is -5.05. The van der Waals surface area contributed by atoms with Crippen LogP contribution in [-0.2, 0) is 19.2 Å². The third-order valence-corrected chi connectivity index (χ3v) is 9.51. The predicted octanol–water partition coefficient (Wildman–Crippen LogP) is 3.69. The Hall–Kier alpha value is -2.79. The maximum Gasteiger partial charge on any atom is 0.573 e. The number of imide groups is 2. The fourth-order valence-corrected chi connectivity index (χ4v) is 7.57. The number of fused-ring (bicyclic) bond motifs is 4. The summed E-state index contributed by atoms with van der Waals surface area (Å²) in [5, 5.41) is 10.8. The number of aromatic hydroxyl groups is 1. The molecule has 0 aromatic heterocycles. The second-order valence-corrected chi connectivity index (χ2v) is 11.3. The molecule has 1 saturated carbocycles. The summed E-state index contributed by atoms with van der Waals surface area (Å²) in [5.41, 5.74) is 0.132. The molecule has 2 aliphatic carbocycles. The molecule has 38 heavy (non-hydrogen) atoms. The van der Waals surface area contributed by atoms with Crippen molar-refractivity contribution in [1.82, 2.24) is 9.80 Å². The van der Waals surface area contributed by atoms with E-state index in [4.69, 9.17) is 23.2 Å². The molecular formula is C25H23Cl2F3N2O6. The van der Waals surface area contributed by atoms with Gasteiger partial charge in [-0.15, -0.1) is 36.4 Å². The van der Waals surface area contributed by atoms with E-state index in [9.17, 15) is 37.5 Å². The Morgan fingerprint density at radius 3 is 2.42 bits per heavy atom. The fraction of sp³-hybridized carbons (Fsp3) is 0.520. The number of phenols is 1. The zero-order valence-electron chi connectivity index (χ0n) is 20.2. The number of carbonyl (C=O) groups excluding carboxylic acids is 4. The number of hydrogen-bond donors (Lipinski definition) is 1. The SMILES string of the molecule is CCCN1C(=O)[C@H]2[C@H](CC=C3[C@H]2C[C@@]2(Cl)C(=O)N(C)C(=O)[C@@]2(Cl)[C@H]3c2cc(OC(F)(F)F)ccc2O)C1=O. The van der Waals surface area contributed by atoms with E-state index in [2.05, 4.69) is 4.74 Å². The first kappa shape index (κ1) is 26.8. The molecule has 0 radical (unpaired) electrons. The fourth-order valence-electron chi connectivity index (χ4n) is 6.56. The third kappa shape index (κ3) is 3.50. The van der Waals surface area contributed by atoms with E-state index in [1.54, 1.807) is 6.08 Å². The number of likely N-dealkylation sites (tertiary alicyclic amines) is 2. The number of allylic oxidation sites excluding steroid dienone is 2. The molecule has 2 saturated heterocycles. The molecule has 4 aliphatic rings.